The normalized spacial score (nSPS) is 17.2. The summed E-state index contributed by atoms with van der Waals surface area (Å²) in [7, 11) is 0. The number of nitrogens with one attached hydrogen (secondary N) is 2. The van der Waals surface area contributed by atoms with Crippen LogP contribution in [0.4, 0.5) is 0 Å². The number of amides is 1. The molecule has 2 N–H and O–H groups in total. The predicted octanol–water partition coefficient (Wildman–Crippen LogP) is 2.30. The van der Waals surface area contributed by atoms with E-state index in [-0.39, 0.29) is 5.91 Å². The van der Waals surface area contributed by atoms with Crippen molar-refractivity contribution in [2.75, 3.05) is 13.1 Å². The van der Waals surface area contributed by atoms with Crippen LogP contribution in [-0.4, -0.2) is 39.6 Å². The van der Waals surface area contributed by atoms with Crippen LogP contribution in [0.15, 0.2) is 24.3 Å². The fourth-order valence-corrected chi connectivity index (χ4v) is 3.83. The highest BCUT2D eigenvalue weighted by molar-refractivity contribution is 5.92. The predicted molar refractivity (Wildman–Crippen MR) is 102 cm³/mol. The van der Waals surface area contributed by atoms with Crippen molar-refractivity contribution in [2.45, 2.75) is 45.6 Å². The number of aryl methyl sites for hydroxylation is 2. The van der Waals surface area contributed by atoms with Gasteiger partial charge in [-0.1, -0.05) is 12.1 Å². The van der Waals surface area contributed by atoms with Crippen molar-refractivity contribution in [1.29, 1.82) is 0 Å². The molecule has 6 heteroatoms. The van der Waals surface area contributed by atoms with Gasteiger partial charge in [-0.25, -0.2) is 9.50 Å². The summed E-state index contributed by atoms with van der Waals surface area (Å²) in [6, 6.07) is 8.48. The molecular weight excluding hydrogens is 326 g/mol. The number of benzene rings is 1. The molecule has 1 aromatic carbocycles. The topological polar surface area (TPSA) is 71.3 Å². The largest absolute Gasteiger partial charge is 0.355 e. The van der Waals surface area contributed by atoms with Gasteiger partial charge in [-0.2, -0.15) is 5.10 Å². The van der Waals surface area contributed by atoms with Crippen LogP contribution < -0.4 is 10.6 Å². The summed E-state index contributed by atoms with van der Waals surface area (Å²) in [5.41, 5.74) is 4.98. The van der Waals surface area contributed by atoms with Crippen molar-refractivity contribution < 1.29 is 4.79 Å². The lowest BCUT2D eigenvalue weighted by Crippen LogP contribution is -2.37. The maximum atomic E-state index is 12.2. The zero-order valence-electron chi connectivity index (χ0n) is 15.4. The maximum Gasteiger partial charge on any atom is 0.220 e. The van der Waals surface area contributed by atoms with E-state index in [0.717, 1.165) is 53.0 Å². The molecule has 0 spiro atoms. The second-order valence-electron chi connectivity index (χ2n) is 7.11. The van der Waals surface area contributed by atoms with Gasteiger partial charge in [0.05, 0.1) is 5.52 Å². The van der Waals surface area contributed by atoms with E-state index in [9.17, 15) is 4.79 Å². The number of nitrogens with zero attached hydrogens (tertiary/aromatic N) is 3. The summed E-state index contributed by atoms with van der Waals surface area (Å²) in [5, 5.41) is 12.2. The SMILES string of the molecule is Cc1nc2c3ccccc3nn2c(C)c1CCC(=O)NCC1CCCN1. The van der Waals surface area contributed by atoms with Crippen molar-refractivity contribution in [1.82, 2.24) is 25.2 Å². The Bertz CT molecular complexity index is 956. The van der Waals surface area contributed by atoms with E-state index in [4.69, 9.17) is 4.98 Å². The van der Waals surface area contributed by atoms with E-state index in [1.54, 1.807) is 0 Å². The maximum absolute atomic E-state index is 12.2. The number of carbonyl (C=O) groups excluding carboxylic acids is 1. The molecule has 1 atom stereocenters. The molecule has 1 aliphatic rings. The van der Waals surface area contributed by atoms with Crippen molar-refractivity contribution in [3.05, 3.63) is 41.2 Å². The summed E-state index contributed by atoms with van der Waals surface area (Å²) < 4.78 is 1.91. The number of hydrogen-bond donors (Lipinski definition) is 2. The minimum absolute atomic E-state index is 0.100. The van der Waals surface area contributed by atoms with Crippen LogP contribution in [0.1, 0.15) is 36.2 Å². The van der Waals surface area contributed by atoms with E-state index in [0.29, 0.717) is 18.9 Å². The van der Waals surface area contributed by atoms with Gasteiger partial charge in [0.1, 0.15) is 0 Å². The van der Waals surface area contributed by atoms with E-state index in [1.165, 1.54) is 6.42 Å². The molecule has 0 radical (unpaired) electrons. The summed E-state index contributed by atoms with van der Waals surface area (Å²) in [6.07, 6.45) is 3.50. The number of aromatic nitrogens is 3. The second kappa shape index (κ2) is 7.03. The van der Waals surface area contributed by atoms with Gasteiger partial charge in [0.15, 0.2) is 5.65 Å². The fourth-order valence-electron chi connectivity index (χ4n) is 3.83. The first-order valence-corrected chi connectivity index (χ1v) is 9.37. The number of carbonyl (C=O) groups is 1. The van der Waals surface area contributed by atoms with Crippen LogP contribution in [0, 0.1) is 13.8 Å². The van der Waals surface area contributed by atoms with Crippen molar-refractivity contribution in [2.24, 2.45) is 0 Å². The molecule has 1 unspecified atom stereocenters. The first kappa shape index (κ1) is 17.0. The van der Waals surface area contributed by atoms with Crippen molar-refractivity contribution >= 4 is 22.5 Å². The summed E-state index contributed by atoms with van der Waals surface area (Å²) in [6.45, 7) is 5.86. The quantitative estimate of drug-likeness (QED) is 0.740. The molecule has 2 aromatic heterocycles. The van der Waals surface area contributed by atoms with Crippen LogP contribution in [0.25, 0.3) is 16.6 Å². The lowest BCUT2D eigenvalue weighted by atomic mass is 10.1. The highest BCUT2D eigenvalue weighted by atomic mass is 16.1. The average Bonchev–Trinajstić information content (AvgIpc) is 3.28. The van der Waals surface area contributed by atoms with Crippen LogP contribution in [0.2, 0.25) is 0 Å². The van der Waals surface area contributed by atoms with Crippen LogP contribution >= 0.6 is 0 Å². The average molecular weight is 351 g/mol. The molecule has 1 saturated heterocycles. The minimum atomic E-state index is 0.100. The number of hydrogen-bond acceptors (Lipinski definition) is 4. The Labute approximate surface area is 153 Å². The van der Waals surface area contributed by atoms with E-state index in [2.05, 4.69) is 22.7 Å². The van der Waals surface area contributed by atoms with Crippen LogP contribution in [0.3, 0.4) is 0 Å². The fraction of sp³-hybridized carbons (Fsp3) is 0.450. The van der Waals surface area contributed by atoms with Gasteiger partial charge < -0.3 is 10.6 Å². The van der Waals surface area contributed by atoms with Gasteiger partial charge in [-0.3, -0.25) is 4.79 Å². The van der Waals surface area contributed by atoms with Gasteiger partial charge in [0.2, 0.25) is 5.91 Å². The first-order valence-electron chi connectivity index (χ1n) is 9.37. The van der Waals surface area contributed by atoms with Gasteiger partial charge in [-0.15, -0.1) is 0 Å². The Morgan fingerprint density at radius 1 is 1.35 bits per heavy atom. The molecule has 1 aliphatic heterocycles. The molecule has 1 amide bonds. The highest BCUT2D eigenvalue weighted by Crippen LogP contribution is 2.22. The Morgan fingerprint density at radius 2 is 2.19 bits per heavy atom. The Hall–Kier alpha value is -2.47. The lowest BCUT2D eigenvalue weighted by Gasteiger charge is -2.13. The molecule has 0 aliphatic carbocycles. The first-order chi connectivity index (χ1) is 12.6. The molecule has 136 valence electrons. The third-order valence-electron chi connectivity index (χ3n) is 5.33. The van der Waals surface area contributed by atoms with Crippen molar-refractivity contribution in [3.63, 3.8) is 0 Å². The smallest absolute Gasteiger partial charge is 0.220 e. The molecule has 3 aromatic rings. The second-order valence-corrected chi connectivity index (χ2v) is 7.11. The van der Waals surface area contributed by atoms with Gasteiger partial charge in [0, 0.05) is 35.8 Å². The molecule has 6 nitrogen and oxygen atoms in total. The minimum Gasteiger partial charge on any atom is -0.355 e. The van der Waals surface area contributed by atoms with E-state index in [1.807, 2.05) is 35.7 Å². The van der Waals surface area contributed by atoms with E-state index >= 15 is 0 Å². The number of fused-ring (bicyclic) bond motifs is 3. The Kier molecular flexibility index (Phi) is 4.59. The Morgan fingerprint density at radius 3 is 3.00 bits per heavy atom. The summed E-state index contributed by atoms with van der Waals surface area (Å²) in [5.74, 6) is 0.100. The van der Waals surface area contributed by atoms with Gasteiger partial charge in [-0.05, 0) is 57.4 Å². The van der Waals surface area contributed by atoms with Crippen LogP contribution in [-0.2, 0) is 11.2 Å². The standard InChI is InChI=1S/C20H25N5O/c1-13-16(9-10-19(26)22-12-15-6-5-11-21-15)14(2)25-20(23-13)17-7-3-4-8-18(17)24-25/h3-4,7-8,15,21H,5-6,9-12H2,1-2H3,(H,22,26). The van der Waals surface area contributed by atoms with E-state index < -0.39 is 0 Å². The summed E-state index contributed by atoms with van der Waals surface area (Å²) in [4.78, 5) is 17.0. The lowest BCUT2D eigenvalue weighted by molar-refractivity contribution is -0.121. The van der Waals surface area contributed by atoms with Gasteiger partial charge in [0.25, 0.3) is 0 Å². The molecule has 0 saturated carbocycles. The molecule has 4 rings (SSSR count). The zero-order valence-corrected chi connectivity index (χ0v) is 15.4. The highest BCUT2D eigenvalue weighted by Gasteiger charge is 2.17. The zero-order chi connectivity index (χ0) is 18.1. The Balaban J connectivity index is 1.50. The van der Waals surface area contributed by atoms with Crippen LogP contribution in [0.5, 0.6) is 0 Å². The third-order valence-corrected chi connectivity index (χ3v) is 5.33. The molecule has 26 heavy (non-hydrogen) atoms. The van der Waals surface area contributed by atoms with Crippen molar-refractivity contribution in [3.8, 4) is 0 Å². The van der Waals surface area contributed by atoms with Gasteiger partial charge >= 0.3 is 0 Å². The summed E-state index contributed by atoms with van der Waals surface area (Å²) >= 11 is 0. The number of rotatable bonds is 5. The molecule has 3 heterocycles. The molecule has 1 fully saturated rings. The molecular formula is C20H25N5O. The monoisotopic (exact) mass is 351 g/mol. The third kappa shape index (κ3) is 3.17. The molecule has 0 bridgehead atoms.